The zero-order chi connectivity index (χ0) is 10.8. The third kappa shape index (κ3) is 2.52. The van der Waals surface area contributed by atoms with Crippen molar-refractivity contribution in [2.45, 2.75) is 26.3 Å². The number of amides is 1. The minimum atomic E-state index is -0.590. The minimum absolute atomic E-state index is 0.0867. The Morgan fingerprint density at radius 3 is 2.79 bits per heavy atom. The van der Waals surface area contributed by atoms with Crippen LogP contribution in [0.4, 0.5) is 0 Å². The van der Waals surface area contributed by atoms with Gasteiger partial charge in [0, 0.05) is 0 Å². The van der Waals surface area contributed by atoms with Gasteiger partial charge in [-0.05, 0) is 20.8 Å². The first-order valence-corrected chi connectivity index (χ1v) is 5.18. The van der Waals surface area contributed by atoms with Crippen LogP contribution in [-0.2, 0) is 0 Å². The largest absolute Gasteiger partial charge is 0.394 e. The van der Waals surface area contributed by atoms with Gasteiger partial charge < -0.3 is 10.4 Å². The highest BCUT2D eigenvalue weighted by molar-refractivity contribution is 7.11. The number of aliphatic hydroxyl groups is 1. The van der Waals surface area contributed by atoms with E-state index in [9.17, 15) is 4.79 Å². The monoisotopic (exact) mass is 214 g/mol. The number of aryl methyl sites for hydroxylation is 1. The Balaban J connectivity index is 2.73. The van der Waals surface area contributed by atoms with Crippen LogP contribution >= 0.6 is 11.3 Å². The van der Waals surface area contributed by atoms with Gasteiger partial charge in [-0.15, -0.1) is 11.3 Å². The fraction of sp³-hybridized carbons (Fsp3) is 0.556. The molecule has 0 aliphatic rings. The zero-order valence-corrected chi connectivity index (χ0v) is 9.31. The summed E-state index contributed by atoms with van der Waals surface area (Å²) in [5.74, 6) is -0.177. The normalized spacial score (nSPS) is 11.4. The maximum atomic E-state index is 11.6. The Labute approximate surface area is 87.0 Å². The van der Waals surface area contributed by atoms with Crippen LogP contribution in [0.25, 0.3) is 0 Å². The van der Waals surface area contributed by atoms with Crippen molar-refractivity contribution in [2.75, 3.05) is 6.61 Å². The van der Waals surface area contributed by atoms with Crippen molar-refractivity contribution < 1.29 is 9.90 Å². The van der Waals surface area contributed by atoms with Crippen LogP contribution in [0.5, 0.6) is 0 Å². The Kier molecular flexibility index (Phi) is 3.23. The molecule has 1 heterocycles. The lowest BCUT2D eigenvalue weighted by molar-refractivity contribution is 0.0872. The van der Waals surface area contributed by atoms with Crippen LogP contribution in [0.3, 0.4) is 0 Å². The zero-order valence-electron chi connectivity index (χ0n) is 8.50. The lowest BCUT2D eigenvalue weighted by atomic mass is 10.1. The van der Waals surface area contributed by atoms with E-state index >= 15 is 0 Å². The maximum Gasteiger partial charge on any atom is 0.263 e. The van der Waals surface area contributed by atoms with E-state index in [1.807, 2.05) is 0 Å². The van der Waals surface area contributed by atoms with Gasteiger partial charge >= 0.3 is 0 Å². The predicted octanol–water partition coefficient (Wildman–Crippen LogP) is 0.952. The van der Waals surface area contributed by atoms with Crippen molar-refractivity contribution in [3.8, 4) is 0 Å². The average Bonchev–Trinajstić information content (AvgIpc) is 2.51. The van der Waals surface area contributed by atoms with Gasteiger partial charge in [0.15, 0.2) is 0 Å². The van der Waals surface area contributed by atoms with Crippen molar-refractivity contribution in [1.29, 1.82) is 0 Å². The third-order valence-corrected chi connectivity index (χ3v) is 2.73. The summed E-state index contributed by atoms with van der Waals surface area (Å²) in [5, 5.41) is 11.7. The highest BCUT2D eigenvalue weighted by atomic mass is 32.1. The van der Waals surface area contributed by atoms with E-state index < -0.39 is 5.54 Å². The number of aromatic nitrogens is 1. The van der Waals surface area contributed by atoms with Crippen LogP contribution in [0.1, 0.15) is 29.2 Å². The minimum Gasteiger partial charge on any atom is -0.394 e. The molecule has 14 heavy (non-hydrogen) atoms. The second-order valence-electron chi connectivity index (χ2n) is 3.76. The number of rotatable bonds is 3. The summed E-state index contributed by atoms with van der Waals surface area (Å²) in [4.78, 5) is 16.2. The Hall–Kier alpha value is -0.940. The second kappa shape index (κ2) is 4.06. The number of aliphatic hydroxyl groups excluding tert-OH is 1. The Bertz CT molecular complexity index is 333. The highest BCUT2D eigenvalue weighted by Crippen LogP contribution is 2.13. The summed E-state index contributed by atoms with van der Waals surface area (Å²) in [5.41, 5.74) is 1.77. The summed E-state index contributed by atoms with van der Waals surface area (Å²) in [7, 11) is 0. The van der Waals surface area contributed by atoms with Crippen LogP contribution in [-0.4, -0.2) is 28.1 Å². The van der Waals surface area contributed by atoms with Gasteiger partial charge in [-0.3, -0.25) is 4.79 Å². The molecular formula is C9H14N2O2S. The van der Waals surface area contributed by atoms with Gasteiger partial charge in [-0.2, -0.15) is 0 Å². The first-order chi connectivity index (χ1) is 6.46. The van der Waals surface area contributed by atoms with E-state index in [1.165, 1.54) is 11.3 Å². The van der Waals surface area contributed by atoms with Crippen LogP contribution in [0.15, 0.2) is 5.51 Å². The van der Waals surface area contributed by atoms with Crippen LogP contribution < -0.4 is 5.32 Å². The number of thiazole rings is 1. The highest BCUT2D eigenvalue weighted by Gasteiger charge is 2.21. The summed E-state index contributed by atoms with van der Waals surface area (Å²) in [6.45, 7) is 5.23. The molecule has 0 aliphatic carbocycles. The summed E-state index contributed by atoms with van der Waals surface area (Å²) in [6, 6.07) is 0. The number of carbonyl (C=O) groups is 1. The van der Waals surface area contributed by atoms with Crippen molar-refractivity contribution >= 4 is 17.2 Å². The first-order valence-electron chi connectivity index (χ1n) is 4.30. The molecule has 4 nitrogen and oxygen atoms in total. The molecule has 0 spiro atoms. The molecule has 0 aliphatic heterocycles. The lowest BCUT2D eigenvalue weighted by Gasteiger charge is -2.22. The van der Waals surface area contributed by atoms with E-state index in [0.717, 1.165) is 5.69 Å². The Morgan fingerprint density at radius 1 is 1.71 bits per heavy atom. The van der Waals surface area contributed by atoms with E-state index in [0.29, 0.717) is 4.88 Å². The van der Waals surface area contributed by atoms with E-state index in [4.69, 9.17) is 5.11 Å². The summed E-state index contributed by atoms with van der Waals surface area (Å²) in [6.07, 6.45) is 0. The molecule has 0 saturated carbocycles. The standard InChI is InChI=1S/C9H14N2O2S/c1-6-7(14-5-10-6)8(13)11-9(2,3)4-12/h5,12H,4H2,1-3H3,(H,11,13). The van der Waals surface area contributed by atoms with Crippen molar-refractivity contribution in [3.63, 3.8) is 0 Å². The van der Waals surface area contributed by atoms with Gasteiger partial charge in [-0.25, -0.2) is 4.98 Å². The molecule has 1 amide bonds. The first kappa shape index (κ1) is 11.1. The summed E-state index contributed by atoms with van der Waals surface area (Å²) >= 11 is 1.30. The Morgan fingerprint density at radius 2 is 2.36 bits per heavy atom. The van der Waals surface area contributed by atoms with Crippen LogP contribution in [0.2, 0.25) is 0 Å². The van der Waals surface area contributed by atoms with Gasteiger partial charge in [0.1, 0.15) is 4.88 Å². The molecule has 1 rings (SSSR count). The molecular weight excluding hydrogens is 200 g/mol. The van der Waals surface area contributed by atoms with Crippen LogP contribution in [0, 0.1) is 6.92 Å². The molecule has 0 fully saturated rings. The molecule has 0 saturated heterocycles. The second-order valence-corrected chi connectivity index (χ2v) is 4.62. The number of hydrogen-bond acceptors (Lipinski definition) is 4. The van der Waals surface area contributed by atoms with E-state index in [1.54, 1.807) is 26.3 Å². The molecule has 0 bridgehead atoms. The quantitative estimate of drug-likeness (QED) is 0.787. The van der Waals surface area contributed by atoms with Gasteiger partial charge in [0.2, 0.25) is 0 Å². The number of nitrogens with one attached hydrogen (secondary N) is 1. The maximum absolute atomic E-state index is 11.6. The topological polar surface area (TPSA) is 62.2 Å². The molecule has 2 N–H and O–H groups in total. The third-order valence-electron chi connectivity index (χ3n) is 1.80. The fourth-order valence-corrected chi connectivity index (χ4v) is 1.62. The molecule has 78 valence electrons. The summed E-state index contributed by atoms with van der Waals surface area (Å²) < 4.78 is 0. The molecule has 1 aromatic heterocycles. The number of nitrogens with zero attached hydrogens (tertiary/aromatic N) is 1. The molecule has 0 radical (unpaired) electrons. The van der Waals surface area contributed by atoms with Crippen molar-refractivity contribution in [3.05, 3.63) is 16.1 Å². The molecule has 1 aromatic rings. The SMILES string of the molecule is Cc1ncsc1C(=O)NC(C)(C)CO. The predicted molar refractivity (Wildman–Crippen MR) is 55.5 cm³/mol. The average molecular weight is 214 g/mol. The lowest BCUT2D eigenvalue weighted by Crippen LogP contribution is -2.46. The molecule has 5 heteroatoms. The van der Waals surface area contributed by atoms with Gasteiger partial charge in [0.25, 0.3) is 5.91 Å². The molecule has 0 atom stereocenters. The molecule has 0 aromatic carbocycles. The fourth-order valence-electron chi connectivity index (χ4n) is 0.923. The smallest absolute Gasteiger partial charge is 0.263 e. The molecule has 0 unspecified atom stereocenters. The number of carbonyl (C=O) groups excluding carboxylic acids is 1. The number of hydrogen-bond donors (Lipinski definition) is 2. The van der Waals surface area contributed by atoms with Gasteiger partial charge in [0.05, 0.1) is 23.4 Å². The van der Waals surface area contributed by atoms with E-state index in [2.05, 4.69) is 10.3 Å². The van der Waals surface area contributed by atoms with Crippen molar-refractivity contribution in [1.82, 2.24) is 10.3 Å². The van der Waals surface area contributed by atoms with Crippen molar-refractivity contribution in [2.24, 2.45) is 0 Å². The van der Waals surface area contributed by atoms with E-state index in [-0.39, 0.29) is 12.5 Å². The van der Waals surface area contributed by atoms with Gasteiger partial charge in [-0.1, -0.05) is 0 Å².